The lowest BCUT2D eigenvalue weighted by molar-refractivity contribution is -0.127. The number of nitrogens with one attached hydrogen (secondary N) is 1. The van der Waals surface area contributed by atoms with Gasteiger partial charge < -0.3 is 15.3 Å². The van der Waals surface area contributed by atoms with Gasteiger partial charge in [-0.05, 0) is 26.7 Å². The Balaban J connectivity index is 2.14. The number of β-amino-alcohol motifs (C(OH)–C–C–N with tert-alkyl or cyclic N) is 1. The minimum atomic E-state index is -1.17. The Kier molecular flexibility index (Phi) is 4.75. The van der Waals surface area contributed by atoms with Gasteiger partial charge >= 0.3 is 0 Å². The molecule has 0 spiro atoms. The maximum Gasteiger partial charge on any atom is 0.257 e. The number of piperidine rings is 1. The number of rotatable bonds is 3. The van der Waals surface area contributed by atoms with Crippen molar-refractivity contribution < 1.29 is 14.7 Å². The van der Waals surface area contributed by atoms with Crippen LogP contribution in [0.2, 0.25) is 0 Å². The van der Waals surface area contributed by atoms with Crippen LogP contribution in [0, 0.1) is 13.8 Å². The molecule has 0 bridgehead atoms. The molecular formula is C15H22N4O3. The number of hydrogen-bond donors (Lipinski definition) is 2. The minimum Gasteiger partial charge on any atom is -0.388 e. The highest BCUT2D eigenvalue weighted by molar-refractivity contribution is 5.95. The molecule has 0 aromatic carbocycles. The molecule has 1 aliphatic heterocycles. The highest BCUT2D eigenvalue weighted by atomic mass is 16.3. The highest BCUT2D eigenvalue weighted by Crippen LogP contribution is 2.26. The van der Waals surface area contributed by atoms with E-state index in [0.717, 1.165) is 0 Å². The first-order valence-corrected chi connectivity index (χ1v) is 7.37. The van der Waals surface area contributed by atoms with Crippen molar-refractivity contribution >= 4 is 11.8 Å². The second kappa shape index (κ2) is 6.39. The number of aromatic nitrogens is 2. The van der Waals surface area contributed by atoms with Crippen LogP contribution in [0.15, 0.2) is 6.20 Å². The van der Waals surface area contributed by atoms with Crippen LogP contribution in [0.3, 0.4) is 0 Å². The quantitative estimate of drug-likeness (QED) is 0.831. The standard InChI is InChI=1S/C15H22N4O3/c1-10-12(8-17-11(2)18-10)14(21)19-6-4-5-15(22,9-19)7-13(20)16-3/h8,22H,4-7,9H2,1-3H3,(H,16,20). The number of likely N-dealkylation sites (tertiary alicyclic amines) is 1. The summed E-state index contributed by atoms with van der Waals surface area (Å²) in [4.78, 5) is 34.0. The molecule has 1 unspecified atom stereocenters. The van der Waals surface area contributed by atoms with Gasteiger partial charge in [-0.25, -0.2) is 9.97 Å². The van der Waals surface area contributed by atoms with Gasteiger partial charge in [-0.15, -0.1) is 0 Å². The summed E-state index contributed by atoms with van der Waals surface area (Å²) in [5, 5.41) is 13.1. The van der Waals surface area contributed by atoms with Crippen molar-refractivity contribution in [3.05, 3.63) is 23.3 Å². The smallest absolute Gasteiger partial charge is 0.257 e. The molecule has 120 valence electrons. The molecular weight excluding hydrogens is 284 g/mol. The second-order valence-electron chi connectivity index (χ2n) is 5.82. The Bertz CT molecular complexity index is 590. The van der Waals surface area contributed by atoms with Crippen LogP contribution in [0.1, 0.15) is 41.1 Å². The van der Waals surface area contributed by atoms with Gasteiger partial charge in [0, 0.05) is 19.8 Å². The highest BCUT2D eigenvalue weighted by Gasteiger charge is 2.37. The van der Waals surface area contributed by atoms with E-state index in [4.69, 9.17) is 0 Å². The summed E-state index contributed by atoms with van der Waals surface area (Å²) in [5.41, 5.74) is -0.110. The number of amides is 2. The number of hydrogen-bond acceptors (Lipinski definition) is 5. The Hall–Kier alpha value is -2.02. The van der Waals surface area contributed by atoms with E-state index in [1.165, 1.54) is 13.2 Å². The fourth-order valence-electron chi connectivity index (χ4n) is 2.78. The molecule has 0 radical (unpaired) electrons. The largest absolute Gasteiger partial charge is 0.388 e. The van der Waals surface area contributed by atoms with Gasteiger partial charge in [-0.2, -0.15) is 0 Å². The average Bonchev–Trinajstić information content (AvgIpc) is 2.46. The molecule has 1 aromatic rings. The van der Waals surface area contributed by atoms with E-state index in [9.17, 15) is 14.7 Å². The number of nitrogens with zero attached hydrogens (tertiary/aromatic N) is 3. The summed E-state index contributed by atoms with van der Waals surface area (Å²) in [6.45, 7) is 4.24. The SMILES string of the molecule is CNC(=O)CC1(O)CCCN(C(=O)c2cnc(C)nc2C)C1. The molecule has 1 atom stereocenters. The van der Waals surface area contributed by atoms with E-state index in [2.05, 4.69) is 15.3 Å². The number of aryl methyl sites for hydroxylation is 2. The van der Waals surface area contributed by atoms with Crippen molar-refractivity contribution in [1.29, 1.82) is 0 Å². The monoisotopic (exact) mass is 306 g/mol. The molecule has 1 fully saturated rings. The second-order valence-corrected chi connectivity index (χ2v) is 5.82. The van der Waals surface area contributed by atoms with Gasteiger partial charge in [0.25, 0.3) is 5.91 Å². The van der Waals surface area contributed by atoms with Crippen molar-refractivity contribution in [2.75, 3.05) is 20.1 Å². The van der Waals surface area contributed by atoms with Crippen molar-refractivity contribution in [2.24, 2.45) is 0 Å². The Labute approximate surface area is 129 Å². The zero-order chi connectivity index (χ0) is 16.3. The number of aliphatic hydroxyl groups is 1. The van der Waals surface area contributed by atoms with Crippen LogP contribution in [0.4, 0.5) is 0 Å². The first kappa shape index (κ1) is 16.4. The molecule has 0 saturated carbocycles. The van der Waals surface area contributed by atoms with Crippen molar-refractivity contribution in [1.82, 2.24) is 20.2 Å². The predicted molar refractivity (Wildman–Crippen MR) is 80.3 cm³/mol. The van der Waals surface area contributed by atoms with Crippen LogP contribution >= 0.6 is 0 Å². The maximum atomic E-state index is 12.6. The fourth-order valence-corrected chi connectivity index (χ4v) is 2.78. The van der Waals surface area contributed by atoms with Crippen LogP contribution in [0.25, 0.3) is 0 Å². The molecule has 1 aromatic heterocycles. The van der Waals surface area contributed by atoms with Gasteiger partial charge in [0.2, 0.25) is 5.91 Å². The topological polar surface area (TPSA) is 95.4 Å². The first-order chi connectivity index (χ1) is 10.3. The van der Waals surface area contributed by atoms with E-state index >= 15 is 0 Å². The molecule has 0 aliphatic carbocycles. The molecule has 22 heavy (non-hydrogen) atoms. The van der Waals surface area contributed by atoms with Crippen molar-refractivity contribution in [3.63, 3.8) is 0 Å². The van der Waals surface area contributed by atoms with Gasteiger partial charge in [0.15, 0.2) is 0 Å². The molecule has 2 amide bonds. The minimum absolute atomic E-state index is 0.00331. The third-order valence-corrected chi connectivity index (χ3v) is 3.94. The van der Waals surface area contributed by atoms with E-state index in [0.29, 0.717) is 36.5 Å². The summed E-state index contributed by atoms with van der Waals surface area (Å²) in [7, 11) is 1.53. The summed E-state index contributed by atoms with van der Waals surface area (Å²) >= 11 is 0. The molecule has 1 aliphatic rings. The lowest BCUT2D eigenvalue weighted by Gasteiger charge is -2.39. The van der Waals surface area contributed by atoms with E-state index < -0.39 is 5.60 Å². The molecule has 2 rings (SSSR count). The van der Waals surface area contributed by atoms with Crippen LogP contribution < -0.4 is 5.32 Å². The van der Waals surface area contributed by atoms with Gasteiger partial charge in [-0.3, -0.25) is 9.59 Å². The van der Waals surface area contributed by atoms with Crippen molar-refractivity contribution in [3.8, 4) is 0 Å². The Morgan fingerprint density at radius 2 is 2.18 bits per heavy atom. The van der Waals surface area contributed by atoms with E-state index in [1.54, 1.807) is 18.7 Å². The van der Waals surface area contributed by atoms with Gasteiger partial charge in [0.1, 0.15) is 5.82 Å². The van der Waals surface area contributed by atoms with E-state index in [-0.39, 0.29) is 24.8 Å². The summed E-state index contributed by atoms with van der Waals surface area (Å²) < 4.78 is 0. The third kappa shape index (κ3) is 3.59. The average molecular weight is 306 g/mol. The van der Waals surface area contributed by atoms with Crippen LogP contribution in [0.5, 0.6) is 0 Å². The Morgan fingerprint density at radius 1 is 1.45 bits per heavy atom. The Morgan fingerprint density at radius 3 is 2.82 bits per heavy atom. The zero-order valence-corrected chi connectivity index (χ0v) is 13.2. The van der Waals surface area contributed by atoms with Gasteiger partial charge in [0.05, 0.1) is 29.8 Å². The zero-order valence-electron chi connectivity index (χ0n) is 13.2. The normalized spacial score (nSPS) is 21.5. The molecule has 7 heteroatoms. The molecule has 1 saturated heterocycles. The molecule has 2 heterocycles. The van der Waals surface area contributed by atoms with Crippen LogP contribution in [-0.2, 0) is 4.79 Å². The van der Waals surface area contributed by atoms with Crippen LogP contribution in [-0.4, -0.2) is 57.5 Å². The maximum absolute atomic E-state index is 12.6. The molecule has 2 N–H and O–H groups in total. The number of carbonyl (C=O) groups excluding carboxylic acids is 2. The molecule has 7 nitrogen and oxygen atoms in total. The first-order valence-electron chi connectivity index (χ1n) is 7.37. The summed E-state index contributed by atoms with van der Waals surface area (Å²) in [5.74, 6) is 0.183. The summed E-state index contributed by atoms with van der Waals surface area (Å²) in [6, 6.07) is 0. The lowest BCUT2D eigenvalue weighted by atomic mass is 9.89. The lowest BCUT2D eigenvalue weighted by Crippen LogP contribution is -2.52. The fraction of sp³-hybridized carbons (Fsp3) is 0.600. The van der Waals surface area contributed by atoms with E-state index in [1.807, 2.05) is 0 Å². The number of carbonyl (C=O) groups is 2. The third-order valence-electron chi connectivity index (χ3n) is 3.94. The van der Waals surface area contributed by atoms with Crippen molar-refractivity contribution in [2.45, 2.75) is 38.7 Å². The predicted octanol–water partition coefficient (Wildman–Crippen LogP) is 0.197. The summed E-state index contributed by atoms with van der Waals surface area (Å²) in [6.07, 6.45) is 2.68. The van der Waals surface area contributed by atoms with Gasteiger partial charge in [-0.1, -0.05) is 0 Å².